The van der Waals surface area contributed by atoms with E-state index in [0.29, 0.717) is 6.42 Å². The van der Waals surface area contributed by atoms with Crippen LogP contribution in [0, 0.1) is 0 Å². The van der Waals surface area contributed by atoms with Gasteiger partial charge in [0.05, 0.1) is 0 Å². The van der Waals surface area contributed by atoms with Crippen LogP contribution in [0.4, 0.5) is 0 Å². The number of amides is 2. The van der Waals surface area contributed by atoms with Crippen LogP contribution in [0.15, 0.2) is 0 Å². The van der Waals surface area contributed by atoms with E-state index < -0.39 is 0 Å². The molecule has 2 heterocycles. The number of nitrogens with zero attached hydrogens (tertiary/aromatic N) is 2. The summed E-state index contributed by atoms with van der Waals surface area (Å²) in [6, 6.07) is -0.174. The number of likely N-dealkylation sites (tertiary alicyclic amines) is 2. The molecule has 4 nitrogen and oxygen atoms in total. The van der Waals surface area contributed by atoms with Gasteiger partial charge >= 0.3 is 0 Å². The summed E-state index contributed by atoms with van der Waals surface area (Å²) < 4.78 is 0. The van der Waals surface area contributed by atoms with Crippen LogP contribution in [-0.4, -0.2) is 47.8 Å². The van der Waals surface area contributed by atoms with E-state index in [2.05, 4.69) is 0 Å². The fourth-order valence-corrected chi connectivity index (χ4v) is 2.46. The van der Waals surface area contributed by atoms with Crippen molar-refractivity contribution in [2.75, 3.05) is 20.1 Å². The highest BCUT2D eigenvalue weighted by molar-refractivity contribution is 5.88. The molecule has 1 unspecified atom stereocenters. The van der Waals surface area contributed by atoms with Crippen molar-refractivity contribution in [2.45, 2.75) is 38.1 Å². The first-order valence-electron chi connectivity index (χ1n) is 5.74. The summed E-state index contributed by atoms with van der Waals surface area (Å²) in [5, 5.41) is 0. The maximum absolute atomic E-state index is 12.0. The highest BCUT2D eigenvalue weighted by atomic mass is 16.2. The van der Waals surface area contributed by atoms with E-state index in [1.54, 1.807) is 9.80 Å². The summed E-state index contributed by atoms with van der Waals surface area (Å²) in [6.45, 7) is 1.60. The maximum Gasteiger partial charge on any atom is 0.245 e. The van der Waals surface area contributed by atoms with Crippen LogP contribution in [0.25, 0.3) is 0 Å². The molecule has 0 aromatic rings. The molecule has 84 valence electrons. The average molecular weight is 210 g/mol. The third-order valence-corrected chi connectivity index (χ3v) is 3.37. The molecule has 0 bridgehead atoms. The van der Waals surface area contributed by atoms with Crippen LogP contribution in [0.5, 0.6) is 0 Å². The van der Waals surface area contributed by atoms with E-state index in [4.69, 9.17) is 0 Å². The fraction of sp³-hybridized carbons (Fsp3) is 0.818. The Hall–Kier alpha value is -1.06. The van der Waals surface area contributed by atoms with Crippen molar-refractivity contribution in [2.24, 2.45) is 0 Å². The number of likely N-dealkylation sites (N-methyl/N-ethyl adjacent to an activating group) is 1. The minimum absolute atomic E-state index is 0.128. The predicted octanol–water partition coefficient (Wildman–Crippen LogP) is 0.620. The molecule has 0 spiro atoms. The molecule has 0 N–H and O–H groups in total. The fourth-order valence-electron chi connectivity index (χ4n) is 2.46. The summed E-state index contributed by atoms with van der Waals surface area (Å²) in [5.41, 5.74) is 0. The average Bonchev–Trinajstić information content (AvgIpc) is 2.56. The largest absolute Gasteiger partial charge is 0.344 e. The zero-order valence-corrected chi connectivity index (χ0v) is 9.24. The van der Waals surface area contributed by atoms with Gasteiger partial charge in [-0.3, -0.25) is 9.59 Å². The number of carbonyl (C=O) groups excluding carboxylic acids is 2. The minimum atomic E-state index is -0.174. The smallest absolute Gasteiger partial charge is 0.245 e. The molecule has 0 saturated carbocycles. The Kier molecular flexibility index (Phi) is 2.93. The SMILES string of the molecule is CN1CCCCC(N2CCCC2=O)C1=O. The zero-order valence-electron chi connectivity index (χ0n) is 9.24. The second-order valence-electron chi connectivity index (χ2n) is 4.46. The Bertz CT molecular complexity index is 278. The number of rotatable bonds is 1. The van der Waals surface area contributed by atoms with Crippen LogP contribution in [-0.2, 0) is 9.59 Å². The van der Waals surface area contributed by atoms with Crippen LogP contribution >= 0.6 is 0 Å². The molecule has 2 aliphatic heterocycles. The quantitative estimate of drug-likeness (QED) is 0.636. The normalized spacial score (nSPS) is 28.5. The van der Waals surface area contributed by atoms with Gasteiger partial charge < -0.3 is 9.80 Å². The number of carbonyl (C=O) groups is 2. The maximum atomic E-state index is 12.0. The van der Waals surface area contributed by atoms with Gasteiger partial charge in [-0.25, -0.2) is 0 Å². The molecular weight excluding hydrogens is 192 g/mol. The molecule has 0 aliphatic carbocycles. The minimum Gasteiger partial charge on any atom is -0.344 e. The molecule has 2 aliphatic rings. The second-order valence-corrected chi connectivity index (χ2v) is 4.46. The zero-order chi connectivity index (χ0) is 10.8. The Labute approximate surface area is 90.2 Å². The molecule has 2 rings (SSSR count). The molecule has 2 saturated heterocycles. The van der Waals surface area contributed by atoms with E-state index in [1.807, 2.05) is 7.05 Å². The van der Waals surface area contributed by atoms with Gasteiger partial charge in [0, 0.05) is 26.6 Å². The van der Waals surface area contributed by atoms with E-state index >= 15 is 0 Å². The van der Waals surface area contributed by atoms with Gasteiger partial charge in [0.2, 0.25) is 11.8 Å². The van der Waals surface area contributed by atoms with Gasteiger partial charge in [-0.15, -0.1) is 0 Å². The molecular formula is C11H18N2O2. The van der Waals surface area contributed by atoms with Crippen molar-refractivity contribution in [3.63, 3.8) is 0 Å². The molecule has 15 heavy (non-hydrogen) atoms. The van der Waals surface area contributed by atoms with E-state index in [0.717, 1.165) is 38.8 Å². The second kappa shape index (κ2) is 4.21. The van der Waals surface area contributed by atoms with Crippen LogP contribution < -0.4 is 0 Å². The summed E-state index contributed by atoms with van der Waals surface area (Å²) >= 11 is 0. The third-order valence-electron chi connectivity index (χ3n) is 3.37. The van der Waals surface area contributed by atoms with Crippen molar-refractivity contribution in [1.29, 1.82) is 0 Å². The van der Waals surface area contributed by atoms with Crippen molar-refractivity contribution in [3.8, 4) is 0 Å². The first-order chi connectivity index (χ1) is 7.20. The van der Waals surface area contributed by atoms with Gasteiger partial charge in [-0.1, -0.05) is 0 Å². The third kappa shape index (κ3) is 1.98. The standard InChI is InChI=1S/C11H18N2O2/c1-12-7-3-2-5-9(11(12)15)13-8-4-6-10(13)14/h9H,2-8H2,1H3. The van der Waals surface area contributed by atoms with Crippen molar-refractivity contribution in [1.82, 2.24) is 9.80 Å². The Morgan fingerprint density at radius 1 is 1.13 bits per heavy atom. The van der Waals surface area contributed by atoms with Gasteiger partial charge in [0.25, 0.3) is 0 Å². The lowest BCUT2D eigenvalue weighted by atomic mass is 10.1. The summed E-state index contributed by atoms with van der Waals surface area (Å²) in [4.78, 5) is 27.2. The molecule has 2 amide bonds. The molecule has 1 atom stereocenters. The monoisotopic (exact) mass is 210 g/mol. The highest BCUT2D eigenvalue weighted by Gasteiger charge is 2.34. The topological polar surface area (TPSA) is 40.6 Å². The van der Waals surface area contributed by atoms with Gasteiger partial charge in [-0.2, -0.15) is 0 Å². The molecule has 0 aromatic heterocycles. The van der Waals surface area contributed by atoms with Crippen molar-refractivity contribution in [3.05, 3.63) is 0 Å². The van der Waals surface area contributed by atoms with Crippen LogP contribution in [0.1, 0.15) is 32.1 Å². The van der Waals surface area contributed by atoms with Gasteiger partial charge in [-0.05, 0) is 25.7 Å². The molecule has 2 fully saturated rings. The molecule has 0 aromatic carbocycles. The lowest BCUT2D eigenvalue weighted by molar-refractivity contribution is -0.142. The number of hydrogen-bond acceptors (Lipinski definition) is 2. The van der Waals surface area contributed by atoms with E-state index in [9.17, 15) is 9.59 Å². The lowest BCUT2D eigenvalue weighted by Crippen LogP contribution is -2.46. The summed E-state index contributed by atoms with van der Waals surface area (Å²) in [5.74, 6) is 0.284. The molecule has 0 radical (unpaired) electrons. The van der Waals surface area contributed by atoms with Crippen molar-refractivity contribution < 1.29 is 9.59 Å². The number of hydrogen-bond donors (Lipinski definition) is 0. The first-order valence-corrected chi connectivity index (χ1v) is 5.74. The van der Waals surface area contributed by atoms with Crippen molar-refractivity contribution >= 4 is 11.8 Å². The summed E-state index contributed by atoms with van der Waals surface area (Å²) in [6.07, 6.45) is 4.47. The van der Waals surface area contributed by atoms with Crippen LogP contribution in [0.3, 0.4) is 0 Å². The Morgan fingerprint density at radius 2 is 1.93 bits per heavy atom. The highest BCUT2D eigenvalue weighted by Crippen LogP contribution is 2.21. The predicted molar refractivity (Wildman–Crippen MR) is 56.2 cm³/mol. The molecule has 4 heteroatoms. The Morgan fingerprint density at radius 3 is 2.60 bits per heavy atom. The van der Waals surface area contributed by atoms with E-state index in [1.165, 1.54) is 0 Å². The summed E-state index contributed by atoms with van der Waals surface area (Å²) in [7, 11) is 1.83. The Balaban J connectivity index is 2.11. The van der Waals surface area contributed by atoms with Gasteiger partial charge in [0.1, 0.15) is 6.04 Å². The first kappa shape index (κ1) is 10.5. The van der Waals surface area contributed by atoms with Gasteiger partial charge in [0.15, 0.2) is 0 Å². The lowest BCUT2D eigenvalue weighted by Gasteiger charge is -2.28. The van der Waals surface area contributed by atoms with E-state index in [-0.39, 0.29) is 17.9 Å². The van der Waals surface area contributed by atoms with Crippen LogP contribution in [0.2, 0.25) is 0 Å².